The Morgan fingerprint density at radius 2 is 2.55 bits per heavy atom. The van der Waals surface area contributed by atoms with Crippen molar-refractivity contribution in [3.05, 3.63) is 22.6 Å². The van der Waals surface area contributed by atoms with Gasteiger partial charge in [0.15, 0.2) is 5.16 Å². The molecular weight excluding hydrogens is 272 g/mol. The van der Waals surface area contributed by atoms with Gasteiger partial charge >= 0.3 is 0 Å². The molecule has 1 aromatic rings. The first kappa shape index (κ1) is 15.1. The lowest BCUT2D eigenvalue weighted by Gasteiger charge is -2.29. The lowest BCUT2D eigenvalue weighted by atomic mass is 9.86. The van der Waals surface area contributed by atoms with Crippen LogP contribution < -0.4 is 10.9 Å². The van der Waals surface area contributed by atoms with E-state index in [0.29, 0.717) is 11.1 Å². The first-order valence-electron chi connectivity index (χ1n) is 7.04. The molecule has 1 aliphatic carbocycles. The van der Waals surface area contributed by atoms with Crippen LogP contribution in [0, 0.1) is 17.2 Å². The maximum absolute atomic E-state index is 11.2. The number of rotatable bonds is 6. The molecule has 1 saturated carbocycles. The van der Waals surface area contributed by atoms with E-state index in [1.807, 2.05) is 6.92 Å². The molecule has 108 valence electrons. The maximum Gasteiger partial charge on any atom is 0.251 e. The van der Waals surface area contributed by atoms with Crippen molar-refractivity contribution < 1.29 is 0 Å². The lowest BCUT2D eigenvalue weighted by Crippen LogP contribution is -2.47. The summed E-state index contributed by atoms with van der Waals surface area (Å²) in [5, 5.41) is 13.5. The monoisotopic (exact) mass is 292 g/mol. The summed E-state index contributed by atoms with van der Waals surface area (Å²) in [5.74, 6) is 1.25. The van der Waals surface area contributed by atoms with Crippen molar-refractivity contribution in [2.45, 2.75) is 43.3 Å². The van der Waals surface area contributed by atoms with Gasteiger partial charge in [-0.05, 0) is 31.7 Å². The highest BCUT2D eigenvalue weighted by molar-refractivity contribution is 7.99. The van der Waals surface area contributed by atoms with Crippen LogP contribution >= 0.6 is 11.8 Å². The number of H-pyrrole nitrogens is 1. The van der Waals surface area contributed by atoms with E-state index in [9.17, 15) is 10.1 Å². The van der Waals surface area contributed by atoms with Gasteiger partial charge in [-0.25, -0.2) is 4.98 Å². The number of nitrogens with one attached hydrogen (secondary N) is 2. The van der Waals surface area contributed by atoms with E-state index >= 15 is 0 Å². The van der Waals surface area contributed by atoms with Crippen LogP contribution in [0.15, 0.2) is 22.2 Å². The molecule has 0 bridgehead atoms. The Morgan fingerprint density at radius 1 is 1.70 bits per heavy atom. The molecule has 0 aliphatic heterocycles. The van der Waals surface area contributed by atoms with Crippen molar-refractivity contribution >= 4 is 11.8 Å². The normalized spacial score (nSPS) is 25.5. The number of aromatic amines is 1. The second kappa shape index (κ2) is 6.91. The largest absolute Gasteiger partial charge is 0.301 e. The fourth-order valence-corrected chi connectivity index (χ4v) is 3.83. The van der Waals surface area contributed by atoms with Crippen LogP contribution in [0.5, 0.6) is 0 Å². The van der Waals surface area contributed by atoms with Gasteiger partial charge in [-0.3, -0.25) is 10.1 Å². The summed E-state index contributed by atoms with van der Waals surface area (Å²) in [4.78, 5) is 18.0. The molecule has 0 saturated heterocycles. The van der Waals surface area contributed by atoms with E-state index in [1.165, 1.54) is 12.3 Å². The van der Waals surface area contributed by atoms with Gasteiger partial charge in [0.25, 0.3) is 5.56 Å². The Balaban J connectivity index is 1.90. The second-order valence-corrected chi connectivity index (χ2v) is 6.16. The summed E-state index contributed by atoms with van der Waals surface area (Å²) in [5.41, 5.74) is -0.477. The zero-order chi connectivity index (χ0) is 14.4. The van der Waals surface area contributed by atoms with E-state index in [0.717, 1.165) is 38.0 Å². The quantitative estimate of drug-likeness (QED) is 0.618. The van der Waals surface area contributed by atoms with Crippen LogP contribution in [-0.4, -0.2) is 27.8 Å². The maximum atomic E-state index is 11.2. The van der Waals surface area contributed by atoms with Crippen molar-refractivity contribution in [1.82, 2.24) is 15.3 Å². The molecular formula is C14H20N4OS. The molecule has 1 heterocycles. The summed E-state index contributed by atoms with van der Waals surface area (Å²) in [6.07, 6.45) is 5.63. The van der Waals surface area contributed by atoms with E-state index < -0.39 is 0 Å². The van der Waals surface area contributed by atoms with Crippen molar-refractivity contribution in [2.24, 2.45) is 5.92 Å². The molecule has 0 spiro atoms. The second-order valence-electron chi connectivity index (χ2n) is 5.08. The Kier molecular flexibility index (Phi) is 5.21. The van der Waals surface area contributed by atoms with E-state index in [2.05, 4.69) is 21.4 Å². The van der Waals surface area contributed by atoms with Gasteiger partial charge in [0.1, 0.15) is 5.54 Å². The highest BCUT2D eigenvalue weighted by Crippen LogP contribution is 2.38. The van der Waals surface area contributed by atoms with Crippen molar-refractivity contribution in [1.29, 1.82) is 5.26 Å². The predicted octanol–water partition coefficient (Wildman–Crippen LogP) is 1.92. The molecule has 2 N–H and O–H groups in total. The first-order chi connectivity index (χ1) is 9.70. The standard InChI is InChI=1S/C14H20N4OS/c1-2-17-14(10-15)7-3-4-11(14)6-9-20-13-16-8-5-12(19)18-13/h5,8,11,17H,2-4,6-7,9H2,1H3,(H,16,18,19). The molecule has 0 aromatic carbocycles. The van der Waals surface area contributed by atoms with Crippen LogP contribution in [0.2, 0.25) is 0 Å². The first-order valence-corrected chi connectivity index (χ1v) is 8.03. The molecule has 0 radical (unpaired) electrons. The third kappa shape index (κ3) is 3.41. The summed E-state index contributed by atoms with van der Waals surface area (Å²) in [6, 6.07) is 3.90. The minimum absolute atomic E-state index is 0.123. The molecule has 2 unspecified atom stereocenters. The molecule has 2 atom stereocenters. The third-order valence-electron chi connectivity index (χ3n) is 3.87. The Bertz CT molecular complexity index is 538. The molecule has 2 rings (SSSR count). The fourth-order valence-electron chi connectivity index (χ4n) is 2.93. The number of thioether (sulfide) groups is 1. The number of nitriles is 1. The van der Waals surface area contributed by atoms with Crippen LogP contribution in [0.4, 0.5) is 0 Å². The highest BCUT2D eigenvalue weighted by atomic mass is 32.2. The molecule has 20 heavy (non-hydrogen) atoms. The zero-order valence-electron chi connectivity index (χ0n) is 11.7. The van der Waals surface area contributed by atoms with Crippen molar-refractivity contribution in [3.8, 4) is 6.07 Å². The molecule has 0 amide bonds. The van der Waals surface area contributed by atoms with Crippen LogP contribution in [0.25, 0.3) is 0 Å². The number of hydrogen-bond acceptors (Lipinski definition) is 5. The van der Waals surface area contributed by atoms with Crippen LogP contribution in [0.3, 0.4) is 0 Å². The van der Waals surface area contributed by atoms with Crippen molar-refractivity contribution in [3.63, 3.8) is 0 Å². The highest BCUT2D eigenvalue weighted by Gasteiger charge is 2.41. The van der Waals surface area contributed by atoms with Crippen LogP contribution in [-0.2, 0) is 0 Å². The third-order valence-corrected chi connectivity index (χ3v) is 4.79. The van der Waals surface area contributed by atoms with Gasteiger partial charge in [0, 0.05) is 18.0 Å². The Morgan fingerprint density at radius 3 is 3.25 bits per heavy atom. The average Bonchev–Trinajstić information content (AvgIpc) is 2.83. The number of nitrogens with zero attached hydrogens (tertiary/aromatic N) is 2. The van der Waals surface area contributed by atoms with Gasteiger partial charge in [0.2, 0.25) is 0 Å². The van der Waals surface area contributed by atoms with E-state index in [4.69, 9.17) is 0 Å². The van der Waals surface area contributed by atoms with Gasteiger partial charge in [-0.1, -0.05) is 25.1 Å². The zero-order valence-corrected chi connectivity index (χ0v) is 12.5. The molecule has 5 nitrogen and oxygen atoms in total. The van der Waals surface area contributed by atoms with E-state index in [1.54, 1.807) is 11.8 Å². The van der Waals surface area contributed by atoms with E-state index in [-0.39, 0.29) is 11.1 Å². The molecule has 1 aromatic heterocycles. The SMILES string of the molecule is CCNC1(C#N)CCCC1CCSc1nccc(=O)[nH]1. The fraction of sp³-hybridized carbons (Fsp3) is 0.643. The Hall–Kier alpha value is -1.32. The predicted molar refractivity (Wildman–Crippen MR) is 79.6 cm³/mol. The smallest absolute Gasteiger partial charge is 0.251 e. The summed E-state index contributed by atoms with van der Waals surface area (Å²) in [7, 11) is 0. The summed E-state index contributed by atoms with van der Waals surface area (Å²) < 4.78 is 0. The number of hydrogen-bond donors (Lipinski definition) is 2. The van der Waals surface area contributed by atoms with Crippen molar-refractivity contribution in [2.75, 3.05) is 12.3 Å². The minimum atomic E-state index is -0.354. The topological polar surface area (TPSA) is 81.6 Å². The lowest BCUT2D eigenvalue weighted by molar-refractivity contribution is 0.317. The van der Waals surface area contributed by atoms with Gasteiger partial charge in [-0.15, -0.1) is 0 Å². The van der Waals surface area contributed by atoms with Gasteiger partial charge in [-0.2, -0.15) is 5.26 Å². The van der Waals surface area contributed by atoms with Crippen LogP contribution in [0.1, 0.15) is 32.6 Å². The number of aromatic nitrogens is 2. The summed E-state index contributed by atoms with van der Waals surface area (Å²) in [6.45, 7) is 2.87. The Labute approximate surface area is 123 Å². The van der Waals surface area contributed by atoms with Gasteiger partial charge < -0.3 is 4.98 Å². The molecule has 6 heteroatoms. The summed E-state index contributed by atoms with van der Waals surface area (Å²) >= 11 is 1.55. The minimum Gasteiger partial charge on any atom is -0.301 e. The molecule has 1 fully saturated rings. The van der Waals surface area contributed by atoms with Gasteiger partial charge in [0.05, 0.1) is 6.07 Å². The molecule has 1 aliphatic rings. The average molecular weight is 292 g/mol.